The van der Waals surface area contributed by atoms with Crippen molar-refractivity contribution in [1.29, 1.82) is 0 Å². The highest BCUT2D eigenvalue weighted by molar-refractivity contribution is 8.00. The molecular weight excluding hydrogens is 289 g/mol. The number of anilines is 1. The summed E-state index contributed by atoms with van der Waals surface area (Å²) >= 11 is 1.53. The van der Waals surface area contributed by atoms with Crippen LogP contribution in [0.5, 0.6) is 0 Å². The summed E-state index contributed by atoms with van der Waals surface area (Å²) in [6.45, 7) is 4.02. The summed E-state index contributed by atoms with van der Waals surface area (Å²) in [6, 6.07) is 2.20. The van der Waals surface area contributed by atoms with Gasteiger partial charge in [-0.2, -0.15) is 23.0 Å². The Balaban J connectivity index is 2.31. The van der Waals surface area contributed by atoms with Crippen molar-refractivity contribution in [2.75, 3.05) is 5.73 Å². The van der Waals surface area contributed by atoms with Gasteiger partial charge < -0.3 is 5.73 Å². The average molecular weight is 302 g/mol. The molecule has 0 amide bonds. The quantitative estimate of drug-likeness (QED) is 0.883. The Hall–Kier alpha value is -1.70. The van der Waals surface area contributed by atoms with Gasteiger partial charge in [-0.05, 0) is 12.1 Å². The summed E-state index contributed by atoms with van der Waals surface area (Å²) in [6.07, 6.45) is -2.05. The monoisotopic (exact) mass is 302 g/mol. The van der Waals surface area contributed by atoms with E-state index < -0.39 is 11.7 Å². The molecule has 8 heteroatoms. The van der Waals surface area contributed by atoms with Gasteiger partial charge in [0.1, 0.15) is 5.82 Å². The van der Waals surface area contributed by atoms with Gasteiger partial charge in [-0.15, -0.1) is 11.8 Å². The van der Waals surface area contributed by atoms with Crippen LogP contribution in [-0.2, 0) is 6.18 Å². The second-order valence-corrected chi connectivity index (χ2v) is 5.99. The summed E-state index contributed by atoms with van der Waals surface area (Å²) < 4.78 is 38.7. The fourth-order valence-corrected chi connectivity index (χ4v) is 2.37. The van der Waals surface area contributed by atoms with Gasteiger partial charge in [0, 0.05) is 11.4 Å². The zero-order valence-corrected chi connectivity index (χ0v) is 11.7. The Morgan fingerprint density at radius 1 is 1.25 bits per heavy atom. The van der Waals surface area contributed by atoms with Crippen LogP contribution < -0.4 is 5.73 Å². The van der Waals surface area contributed by atoms with Gasteiger partial charge in [-0.3, -0.25) is 0 Å². The third kappa shape index (κ3) is 3.06. The van der Waals surface area contributed by atoms with Gasteiger partial charge in [0.25, 0.3) is 0 Å². The van der Waals surface area contributed by atoms with Crippen molar-refractivity contribution in [3.8, 4) is 5.82 Å². The average Bonchev–Trinajstić information content (AvgIpc) is 2.69. The molecule has 0 unspecified atom stereocenters. The number of pyridine rings is 1. The van der Waals surface area contributed by atoms with E-state index in [1.807, 2.05) is 13.8 Å². The number of nitrogens with two attached hydrogens (primary N) is 1. The Kier molecular flexibility index (Phi) is 3.94. The number of aromatic nitrogens is 3. The van der Waals surface area contributed by atoms with E-state index >= 15 is 0 Å². The molecule has 2 aromatic heterocycles. The number of hydrogen-bond acceptors (Lipinski definition) is 4. The fourth-order valence-electron chi connectivity index (χ4n) is 1.55. The maximum atomic E-state index is 12.5. The lowest BCUT2D eigenvalue weighted by Crippen LogP contribution is -2.08. The van der Waals surface area contributed by atoms with Crippen molar-refractivity contribution in [3.05, 3.63) is 30.1 Å². The zero-order chi connectivity index (χ0) is 14.9. The topological polar surface area (TPSA) is 56.7 Å². The Bertz CT molecular complexity index is 590. The number of alkyl halides is 3. The maximum absolute atomic E-state index is 12.5. The lowest BCUT2D eigenvalue weighted by Gasteiger charge is -2.08. The van der Waals surface area contributed by atoms with E-state index in [1.165, 1.54) is 22.5 Å². The number of nitrogen functional groups attached to an aromatic ring is 1. The third-order valence-corrected chi connectivity index (χ3v) is 3.47. The predicted octanol–water partition coefficient (Wildman–Crippen LogP) is 3.37. The van der Waals surface area contributed by atoms with Crippen molar-refractivity contribution in [3.63, 3.8) is 0 Å². The number of rotatable bonds is 3. The molecule has 0 radical (unpaired) electrons. The maximum Gasteiger partial charge on any atom is 0.417 e. The Morgan fingerprint density at radius 3 is 2.45 bits per heavy atom. The van der Waals surface area contributed by atoms with E-state index in [1.54, 1.807) is 6.20 Å². The first-order valence-electron chi connectivity index (χ1n) is 5.83. The minimum absolute atomic E-state index is 0.256. The molecule has 0 fully saturated rings. The van der Waals surface area contributed by atoms with Crippen LogP contribution in [0.2, 0.25) is 0 Å². The van der Waals surface area contributed by atoms with Gasteiger partial charge in [0.05, 0.1) is 16.7 Å². The van der Waals surface area contributed by atoms with Crippen molar-refractivity contribution >= 4 is 17.6 Å². The first-order chi connectivity index (χ1) is 9.29. The molecule has 0 spiro atoms. The molecule has 0 aromatic carbocycles. The summed E-state index contributed by atoms with van der Waals surface area (Å²) in [7, 11) is 0. The molecule has 2 heterocycles. The van der Waals surface area contributed by atoms with Gasteiger partial charge >= 0.3 is 6.18 Å². The van der Waals surface area contributed by atoms with Crippen LogP contribution in [0.4, 0.5) is 19.0 Å². The summed E-state index contributed by atoms with van der Waals surface area (Å²) in [5.74, 6) is 0.627. The van der Waals surface area contributed by atoms with Crippen LogP contribution in [-0.4, -0.2) is 20.0 Å². The SMILES string of the molecule is CC(C)Sc1cnn(-c2ccc(C(F)(F)F)cn2)c1N. The molecule has 0 aliphatic heterocycles. The first-order valence-corrected chi connectivity index (χ1v) is 6.71. The number of thioether (sulfide) groups is 1. The minimum atomic E-state index is -4.40. The molecule has 0 atom stereocenters. The van der Waals surface area contributed by atoms with Crippen LogP contribution in [0.1, 0.15) is 19.4 Å². The number of halogens is 3. The molecule has 0 aliphatic carbocycles. The standard InChI is InChI=1S/C12H13F3N4S/c1-7(2)20-9-6-18-19(11(9)16)10-4-3-8(5-17-10)12(13,14)15/h3-7H,16H2,1-2H3. The first kappa shape index (κ1) is 14.7. The van der Waals surface area contributed by atoms with E-state index in [-0.39, 0.29) is 5.82 Å². The second kappa shape index (κ2) is 5.35. The second-order valence-electron chi connectivity index (χ2n) is 4.38. The normalized spacial score (nSPS) is 12.1. The van der Waals surface area contributed by atoms with Crippen molar-refractivity contribution in [2.24, 2.45) is 0 Å². The molecule has 0 aliphatic rings. The molecule has 0 bridgehead atoms. The van der Waals surface area contributed by atoms with E-state index in [2.05, 4.69) is 10.1 Å². The predicted molar refractivity (Wildman–Crippen MR) is 71.8 cm³/mol. The number of nitrogens with zero attached hydrogens (tertiary/aromatic N) is 3. The van der Waals surface area contributed by atoms with Crippen LogP contribution in [0.3, 0.4) is 0 Å². The summed E-state index contributed by atoms with van der Waals surface area (Å²) in [4.78, 5) is 4.54. The molecule has 2 N–H and O–H groups in total. The molecule has 0 saturated heterocycles. The van der Waals surface area contributed by atoms with E-state index in [0.717, 1.165) is 17.2 Å². The lowest BCUT2D eigenvalue weighted by atomic mass is 10.3. The highest BCUT2D eigenvalue weighted by Crippen LogP contribution is 2.31. The molecule has 2 aromatic rings. The van der Waals surface area contributed by atoms with Crippen LogP contribution in [0.15, 0.2) is 29.4 Å². The van der Waals surface area contributed by atoms with E-state index in [0.29, 0.717) is 11.1 Å². The minimum Gasteiger partial charge on any atom is -0.383 e. The van der Waals surface area contributed by atoms with Crippen LogP contribution in [0, 0.1) is 0 Å². The van der Waals surface area contributed by atoms with Crippen molar-refractivity contribution in [2.45, 2.75) is 30.2 Å². The Morgan fingerprint density at radius 2 is 1.95 bits per heavy atom. The van der Waals surface area contributed by atoms with Gasteiger partial charge in [0.2, 0.25) is 0 Å². The van der Waals surface area contributed by atoms with Crippen LogP contribution >= 0.6 is 11.8 Å². The third-order valence-electron chi connectivity index (χ3n) is 2.43. The fraction of sp³-hybridized carbons (Fsp3) is 0.333. The highest BCUT2D eigenvalue weighted by atomic mass is 32.2. The highest BCUT2D eigenvalue weighted by Gasteiger charge is 2.30. The lowest BCUT2D eigenvalue weighted by molar-refractivity contribution is -0.137. The molecule has 0 saturated carbocycles. The van der Waals surface area contributed by atoms with Crippen LogP contribution in [0.25, 0.3) is 5.82 Å². The molecule has 20 heavy (non-hydrogen) atoms. The smallest absolute Gasteiger partial charge is 0.383 e. The van der Waals surface area contributed by atoms with Gasteiger partial charge in [-0.25, -0.2) is 4.98 Å². The van der Waals surface area contributed by atoms with Crippen molar-refractivity contribution < 1.29 is 13.2 Å². The summed E-state index contributed by atoms with van der Waals surface area (Å²) in [5, 5.41) is 4.39. The molecule has 108 valence electrons. The van der Waals surface area contributed by atoms with Gasteiger partial charge in [-0.1, -0.05) is 13.8 Å². The Labute approximate surface area is 118 Å². The molecule has 4 nitrogen and oxygen atoms in total. The van der Waals surface area contributed by atoms with Crippen molar-refractivity contribution in [1.82, 2.24) is 14.8 Å². The molecule has 2 rings (SSSR count). The zero-order valence-electron chi connectivity index (χ0n) is 10.8. The van der Waals surface area contributed by atoms with E-state index in [4.69, 9.17) is 5.73 Å². The van der Waals surface area contributed by atoms with E-state index in [9.17, 15) is 13.2 Å². The summed E-state index contributed by atoms with van der Waals surface area (Å²) in [5.41, 5.74) is 5.12. The number of hydrogen-bond donors (Lipinski definition) is 1. The molecular formula is C12H13F3N4S. The largest absolute Gasteiger partial charge is 0.417 e. The van der Waals surface area contributed by atoms with Gasteiger partial charge in [0.15, 0.2) is 5.82 Å².